The Morgan fingerprint density at radius 3 is 1.92 bits per heavy atom. The van der Waals surface area contributed by atoms with Crippen molar-refractivity contribution in [1.29, 1.82) is 0 Å². The monoisotopic (exact) mass is 502 g/mol. The summed E-state index contributed by atoms with van der Waals surface area (Å²) in [4.78, 5) is 38.5. The third-order valence-corrected chi connectivity index (χ3v) is 5.87. The molecule has 3 aromatic carbocycles. The number of hydrogen-bond donors (Lipinski definition) is 1. The maximum atomic E-state index is 13.8. The lowest BCUT2D eigenvalue weighted by Gasteiger charge is -2.20. The molecule has 0 atom stereocenters. The predicted octanol–water partition coefficient (Wildman–Crippen LogP) is 4.43. The molecule has 0 saturated heterocycles. The molecule has 0 spiro atoms. The minimum atomic E-state index is -0.711. The summed E-state index contributed by atoms with van der Waals surface area (Å²) in [5.41, 5.74) is 1.59. The molecule has 1 amide bonds. The second-order valence-corrected chi connectivity index (χ2v) is 8.04. The summed E-state index contributed by atoms with van der Waals surface area (Å²) in [6, 6.07) is 17.0. The number of fused-ring (bicyclic) bond motifs is 1. The maximum absolute atomic E-state index is 13.8. The van der Waals surface area contributed by atoms with E-state index in [0.717, 1.165) is 0 Å². The summed E-state index contributed by atoms with van der Waals surface area (Å²) in [5, 5.41) is 3.63. The van der Waals surface area contributed by atoms with E-state index in [1.807, 2.05) is 0 Å². The van der Waals surface area contributed by atoms with E-state index in [2.05, 4.69) is 5.32 Å². The van der Waals surface area contributed by atoms with Crippen LogP contribution in [-0.2, 0) is 9.53 Å². The fourth-order valence-corrected chi connectivity index (χ4v) is 4.30. The highest BCUT2D eigenvalue weighted by Gasteiger charge is 2.26. The van der Waals surface area contributed by atoms with E-state index in [9.17, 15) is 14.4 Å². The van der Waals surface area contributed by atoms with Crippen LogP contribution in [0.1, 0.15) is 17.4 Å². The number of hydrogen-bond acceptors (Lipinski definition) is 7. The van der Waals surface area contributed by atoms with Gasteiger partial charge >= 0.3 is 5.97 Å². The van der Waals surface area contributed by atoms with Gasteiger partial charge < -0.3 is 24.3 Å². The van der Waals surface area contributed by atoms with Gasteiger partial charge in [-0.1, -0.05) is 18.2 Å². The Hall–Kier alpha value is -4.79. The lowest BCUT2D eigenvalue weighted by Crippen LogP contribution is -2.26. The average molecular weight is 503 g/mol. The molecular weight excluding hydrogens is 476 g/mol. The molecule has 0 aliphatic rings. The Kier molecular flexibility index (Phi) is 7.15. The molecule has 0 radical (unpaired) electrons. The highest BCUT2D eigenvalue weighted by Crippen LogP contribution is 2.43. The van der Waals surface area contributed by atoms with Gasteiger partial charge in [0.25, 0.3) is 5.56 Å². The third kappa shape index (κ3) is 4.58. The highest BCUT2D eigenvalue weighted by molar-refractivity contribution is 6.07. The molecule has 9 nitrogen and oxygen atoms in total. The van der Waals surface area contributed by atoms with Crippen molar-refractivity contribution in [2.24, 2.45) is 0 Å². The summed E-state index contributed by atoms with van der Waals surface area (Å²) in [7, 11) is 5.75. The zero-order chi connectivity index (χ0) is 26.7. The number of carbonyl (C=O) groups excluding carboxylic acids is 2. The van der Waals surface area contributed by atoms with Crippen LogP contribution in [0.2, 0.25) is 0 Å². The van der Waals surface area contributed by atoms with Crippen molar-refractivity contribution in [3.05, 3.63) is 76.7 Å². The first-order valence-electron chi connectivity index (χ1n) is 11.3. The van der Waals surface area contributed by atoms with Crippen LogP contribution in [0, 0.1) is 0 Å². The van der Waals surface area contributed by atoms with Gasteiger partial charge in [-0.05, 0) is 53.4 Å². The minimum absolute atomic E-state index is 0.0211. The number of rotatable bonds is 7. The second kappa shape index (κ2) is 10.4. The number of pyridine rings is 1. The van der Waals surface area contributed by atoms with Crippen molar-refractivity contribution in [2.45, 2.75) is 6.92 Å². The predicted molar refractivity (Wildman–Crippen MR) is 140 cm³/mol. The van der Waals surface area contributed by atoms with Crippen LogP contribution in [0.4, 0.5) is 5.69 Å². The molecule has 1 aromatic heterocycles. The molecule has 0 bridgehead atoms. The number of nitrogens with zero attached hydrogens (tertiary/aromatic N) is 1. The molecule has 0 fully saturated rings. The van der Waals surface area contributed by atoms with E-state index < -0.39 is 11.5 Å². The fraction of sp³-hybridized carbons (Fsp3) is 0.179. The average Bonchev–Trinajstić information content (AvgIpc) is 2.91. The lowest BCUT2D eigenvalue weighted by atomic mass is 9.95. The van der Waals surface area contributed by atoms with E-state index in [-0.39, 0.29) is 11.6 Å². The van der Waals surface area contributed by atoms with Crippen molar-refractivity contribution in [2.75, 3.05) is 33.8 Å². The summed E-state index contributed by atoms with van der Waals surface area (Å²) < 4.78 is 23.0. The van der Waals surface area contributed by atoms with Crippen molar-refractivity contribution in [3.8, 4) is 34.1 Å². The molecule has 37 heavy (non-hydrogen) atoms. The second-order valence-electron chi connectivity index (χ2n) is 8.04. The minimum Gasteiger partial charge on any atom is -0.493 e. The van der Waals surface area contributed by atoms with Crippen LogP contribution in [0.3, 0.4) is 0 Å². The van der Waals surface area contributed by atoms with Gasteiger partial charge in [0.15, 0.2) is 11.5 Å². The largest absolute Gasteiger partial charge is 0.493 e. The third-order valence-electron chi connectivity index (χ3n) is 5.87. The molecule has 0 saturated carbocycles. The van der Waals surface area contributed by atoms with E-state index in [4.69, 9.17) is 18.9 Å². The number of amides is 1. The summed E-state index contributed by atoms with van der Waals surface area (Å²) >= 11 is 0. The Bertz CT molecular complexity index is 1530. The van der Waals surface area contributed by atoms with Gasteiger partial charge in [0.1, 0.15) is 5.69 Å². The maximum Gasteiger partial charge on any atom is 0.355 e. The van der Waals surface area contributed by atoms with Gasteiger partial charge in [-0.2, -0.15) is 0 Å². The van der Waals surface area contributed by atoms with Crippen LogP contribution in [0.15, 0.2) is 65.5 Å². The zero-order valence-corrected chi connectivity index (χ0v) is 21.1. The van der Waals surface area contributed by atoms with E-state index in [1.54, 1.807) is 60.7 Å². The lowest BCUT2D eigenvalue weighted by molar-refractivity contribution is -0.114. The molecule has 0 unspecified atom stereocenters. The fourth-order valence-electron chi connectivity index (χ4n) is 4.30. The number of anilines is 1. The van der Waals surface area contributed by atoms with Crippen LogP contribution in [0.25, 0.3) is 27.6 Å². The van der Waals surface area contributed by atoms with Gasteiger partial charge in [0.2, 0.25) is 11.7 Å². The zero-order valence-electron chi connectivity index (χ0n) is 21.1. The summed E-state index contributed by atoms with van der Waals surface area (Å²) in [5.74, 6) is 0.218. The molecule has 0 aliphatic carbocycles. The normalized spacial score (nSPS) is 10.6. The first-order chi connectivity index (χ1) is 17.8. The van der Waals surface area contributed by atoms with Gasteiger partial charge in [-0.15, -0.1) is 0 Å². The molecule has 190 valence electrons. The smallest absolute Gasteiger partial charge is 0.355 e. The standard InChI is InChI=1S/C28H26N2O7/c1-16(31)29-18-10-12-19(13-11-18)30-25(28(33)37-5)24(20-8-6-7-9-21(20)27(30)32)17-14-22(34-2)26(36-4)23(15-17)35-3/h6-15H,1-5H3,(H,29,31). The van der Waals surface area contributed by atoms with Gasteiger partial charge in [-0.25, -0.2) is 4.79 Å². The number of methoxy groups -OCH3 is 4. The van der Waals surface area contributed by atoms with Gasteiger partial charge in [0.05, 0.1) is 28.4 Å². The molecule has 4 aromatic rings. The Balaban J connectivity index is 2.14. The van der Waals surface area contributed by atoms with Crippen molar-refractivity contribution >= 4 is 28.3 Å². The van der Waals surface area contributed by atoms with E-state index in [0.29, 0.717) is 50.5 Å². The van der Waals surface area contributed by atoms with Gasteiger partial charge in [0, 0.05) is 29.2 Å². The quantitative estimate of drug-likeness (QED) is 0.373. The number of benzene rings is 3. The first kappa shape index (κ1) is 25.3. The van der Waals surface area contributed by atoms with Gasteiger partial charge in [-0.3, -0.25) is 14.2 Å². The first-order valence-corrected chi connectivity index (χ1v) is 11.3. The van der Waals surface area contributed by atoms with Crippen molar-refractivity contribution < 1.29 is 28.5 Å². The Morgan fingerprint density at radius 1 is 0.811 bits per heavy atom. The van der Waals surface area contributed by atoms with Crippen LogP contribution in [-0.4, -0.2) is 44.9 Å². The van der Waals surface area contributed by atoms with Crippen molar-refractivity contribution in [1.82, 2.24) is 4.57 Å². The summed E-state index contributed by atoms with van der Waals surface area (Å²) in [6.07, 6.45) is 0. The van der Waals surface area contributed by atoms with Crippen LogP contribution < -0.4 is 25.1 Å². The van der Waals surface area contributed by atoms with E-state index in [1.165, 1.54) is 39.9 Å². The number of esters is 1. The van der Waals surface area contributed by atoms with Crippen molar-refractivity contribution in [3.63, 3.8) is 0 Å². The molecule has 4 rings (SSSR count). The Labute approximate surface area is 213 Å². The molecule has 0 aliphatic heterocycles. The molecular formula is C28H26N2O7. The number of carbonyl (C=O) groups is 2. The van der Waals surface area contributed by atoms with Crippen LogP contribution >= 0.6 is 0 Å². The molecule has 9 heteroatoms. The Morgan fingerprint density at radius 2 is 1.41 bits per heavy atom. The topological polar surface area (TPSA) is 105 Å². The van der Waals surface area contributed by atoms with E-state index >= 15 is 0 Å². The highest BCUT2D eigenvalue weighted by atomic mass is 16.5. The molecule has 1 heterocycles. The number of nitrogens with one attached hydrogen (secondary N) is 1. The SMILES string of the molecule is COC(=O)c1c(-c2cc(OC)c(OC)c(OC)c2)c2ccccc2c(=O)n1-c1ccc(NC(C)=O)cc1. The van der Waals surface area contributed by atoms with Crippen LogP contribution in [0.5, 0.6) is 17.2 Å². The number of aromatic nitrogens is 1. The molecule has 1 N–H and O–H groups in total. The summed E-state index contributed by atoms with van der Waals surface area (Å²) in [6.45, 7) is 1.40. The number of ether oxygens (including phenoxy) is 4.